The lowest BCUT2D eigenvalue weighted by Gasteiger charge is -2.37. The number of alkyl halides is 3. The number of piperidine rings is 1. The molecule has 19 heavy (non-hydrogen) atoms. The highest BCUT2D eigenvalue weighted by molar-refractivity contribution is 7.87. The number of halogens is 3. The Morgan fingerprint density at radius 2 is 1.89 bits per heavy atom. The van der Waals surface area contributed by atoms with Crippen molar-refractivity contribution in [3.8, 4) is 0 Å². The molecule has 6 nitrogen and oxygen atoms in total. The Labute approximate surface area is 109 Å². The Balaban J connectivity index is 2.62. The number of hydrogen-bond donors (Lipinski definition) is 3. The van der Waals surface area contributed by atoms with E-state index in [1.807, 2.05) is 0 Å². The van der Waals surface area contributed by atoms with Gasteiger partial charge in [-0.15, -0.1) is 0 Å². The molecule has 0 radical (unpaired) electrons. The highest BCUT2D eigenvalue weighted by Gasteiger charge is 2.38. The van der Waals surface area contributed by atoms with Crippen molar-refractivity contribution in [3.05, 3.63) is 0 Å². The van der Waals surface area contributed by atoms with Crippen LogP contribution in [0.15, 0.2) is 0 Å². The van der Waals surface area contributed by atoms with Gasteiger partial charge in [-0.25, -0.2) is 0 Å². The second-order valence-corrected chi connectivity index (χ2v) is 6.57. The molecular formula is C9H17F3N4O2S. The quantitative estimate of drug-likeness (QED) is 0.518. The Kier molecular flexibility index (Phi) is 4.47. The first-order valence-electron chi connectivity index (χ1n) is 5.62. The Bertz CT molecular complexity index is 441. The van der Waals surface area contributed by atoms with Crippen LogP contribution in [0.5, 0.6) is 0 Å². The minimum absolute atomic E-state index is 0.0344. The van der Waals surface area contributed by atoms with Crippen molar-refractivity contribution >= 4 is 16.0 Å². The lowest BCUT2D eigenvalue weighted by atomic mass is 9.80. The summed E-state index contributed by atoms with van der Waals surface area (Å²) in [5.41, 5.74) is 4.84. The smallest absolute Gasteiger partial charge is 0.387 e. The summed E-state index contributed by atoms with van der Waals surface area (Å²) in [6, 6.07) is 0. The standard InChI is InChI=1S/C9H17F3N4O2S/c1-8(7(13)14)2-4-16(5-3-8)19(17,18)15-6-9(10,11)12/h15H,2-6H2,1H3,(H3,13,14). The summed E-state index contributed by atoms with van der Waals surface area (Å²) in [6.07, 6.45) is -3.96. The van der Waals surface area contributed by atoms with E-state index in [2.05, 4.69) is 0 Å². The molecule has 1 heterocycles. The van der Waals surface area contributed by atoms with Gasteiger partial charge < -0.3 is 5.73 Å². The summed E-state index contributed by atoms with van der Waals surface area (Å²) < 4.78 is 61.7. The van der Waals surface area contributed by atoms with E-state index in [-0.39, 0.29) is 18.9 Å². The van der Waals surface area contributed by atoms with E-state index >= 15 is 0 Å². The number of hydrogen-bond acceptors (Lipinski definition) is 3. The van der Waals surface area contributed by atoms with Gasteiger partial charge in [0.1, 0.15) is 6.54 Å². The van der Waals surface area contributed by atoms with E-state index in [9.17, 15) is 21.6 Å². The highest BCUT2D eigenvalue weighted by atomic mass is 32.2. The van der Waals surface area contributed by atoms with E-state index in [4.69, 9.17) is 11.1 Å². The predicted octanol–water partition coefficient (Wildman–Crippen LogP) is 0.421. The molecule has 1 rings (SSSR count). The third kappa shape index (κ3) is 4.32. The normalized spacial score (nSPS) is 21.3. The minimum atomic E-state index is -4.59. The fraction of sp³-hybridized carbons (Fsp3) is 0.889. The fourth-order valence-corrected chi connectivity index (χ4v) is 2.95. The largest absolute Gasteiger partial charge is 0.402 e. The summed E-state index contributed by atoms with van der Waals surface area (Å²) in [5.74, 6) is -0.0344. The lowest BCUT2D eigenvalue weighted by molar-refractivity contribution is -0.121. The molecule has 0 bridgehead atoms. The van der Waals surface area contributed by atoms with Crippen LogP contribution in [-0.2, 0) is 10.2 Å². The highest BCUT2D eigenvalue weighted by Crippen LogP contribution is 2.31. The summed E-state index contributed by atoms with van der Waals surface area (Å²) in [4.78, 5) is 0. The molecule has 1 aliphatic heterocycles. The van der Waals surface area contributed by atoms with Gasteiger partial charge in [0.05, 0.1) is 5.84 Å². The van der Waals surface area contributed by atoms with Crippen LogP contribution in [0.4, 0.5) is 13.2 Å². The molecule has 0 aliphatic carbocycles. The van der Waals surface area contributed by atoms with Gasteiger partial charge in [-0.05, 0) is 12.8 Å². The average Bonchev–Trinajstić information content (AvgIpc) is 2.26. The molecule has 1 saturated heterocycles. The Hall–Kier alpha value is -0.870. The van der Waals surface area contributed by atoms with Gasteiger partial charge in [0.15, 0.2) is 0 Å². The molecule has 0 saturated carbocycles. The molecule has 1 aliphatic rings. The maximum Gasteiger partial charge on any atom is 0.402 e. The molecule has 0 aromatic heterocycles. The van der Waals surface area contributed by atoms with Crippen molar-refractivity contribution in [1.29, 1.82) is 5.41 Å². The Morgan fingerprint density at radius 3 is 2.26 bits per heavy atom. The summed E-state index contributed by atoms with van der Waals surface area (Å²) in [7, 11) is -4.14. The van der Waals surface area contributed by atoms with Crippen molar-refractivity contribution in [1.82, 2.24) is 9.03 Å². The molecule has 112 valence electrons. The van der Waals surface area contributed by atoms with E-state index < -0.39 is 28.3 Å². The van der Waals surface area contributed by atoms with E-state index in [0.29, 0.717) is 12.8 Å². The maximum absolute atomic E-state index is 12.0. The van der Waals surface area contributed by atoms with Crippen LogP contribution in [0.1, 0.15) is 19.8 Å². The molecule has 0 aromatic carbocycles. The molecule has 1 fully saturated rings. The van der Waals surface area contributed by atoms with Gasteiger partial charge in [0.25, 0.3) is 10.2 Å². The van der Waals surface area contributed by atoms with Crippen LogP contribution in [0, 0.1) is 10.8 Å². The predicted molar refractivity (Wildman–Crippen MR) is 63.8 cm³/mol. The van der Waals surface area contributed by atoms with Crippen molar-refractivity contribution in [3.63, 3.8) is 0 Å². The molecule has 0 unspecified atom stereocenters. The van der Waals surface area contributed by atoms with Crippen LogP contribution >= 0.6 is 0 Å². The van der Waals surface area contributed by atoms with Gasteiger partial charge in [-0.3, -0.25) is 5.41 Å². The van der Waals surface area contributed by atoms with Crippen molar-refractivity contribution < 1.29 is 21.6 Å². The fourth-order valence-electron chi connectivity index (χ4n) is 1.75. The van der Waals surface area contributed by atoms with Crippen molar-refractivity contribution in [2.75, 3.05) is 19.6 Å². The first kappa shape index (κ1) is 16.2. The maximum atomic E-state index is 12.0. The van der Waals surface area contributed by atoms with Crippen LogP contribution in [0.25, 0.3) is 0 Å². The van der Waals surface area contributed by atoms with Crippen LogP contribution in [0.2, 0.25) is 0 Å². The molecular weight excluding hydrogens is 285 g/mol. The monoisotopic (exact) mass is 302 g/mol. The third-order valence-corrected chi connectivity index (χ3v) is 4.83. The first-order valence-corrected chi connectivity index (χ1v) is 7.06. The van der Waals surface area contributed by atoms with E-state index in [1.165, 1.54) is 4.72 Å². The number of amidine groups is 1. The summed E-state index contributed by atoms with van der Waals surface area (Å²) in [6.45, 7) is 0.241. The van der Waals surface area contributed by atoms with Gasteiger partial charge in [-0.1, -0.05) is 6.92 Å². The number of rotatable bonds is 4. The molecule has 0 spiro atoms. The summed E-state index contributed by atoms with van der Waals surface area (Å²) >= 11 is 0. The van der Waals surface area contributed by atoms with Gasteiger partial charge in [0, 0.05) is 18.5 Å². The zero-order chi connectivity index (χ0) is 14.9. The minimum Gasteiger partial charge on any atom is -0.387 e. The molecule has 0 amide bonds. The zero-order valence-electron chi connectivity index (χ0n) is 10.4. The van der Waals surface area contributed by atoms with E-state index in [0.717, 1.165) is 4.31 Å². The molecule has 0 aromatic rings. The van der Waals surface area contributed by atoms with Crippen molar-refractivity contribution in [2.24, 2.45) is 11.1 Å². The molecule has 10 heteroatoms. The van der Waals surface area contributed by atoms with Gasteiger partial charge in [0.2, 0.25) is 0 Å². The number of nitrogens with zero attached hydrogens (tertiary/aromatic N) is 1. The van der Waals surface area contributed by atoms with Crippen LogP contribution < -0.4 is 10.5 Å². The summed E-state index contributed by atoms with van der Waals surface area (Å²) in [5, 5.41) is 7.42. The van der Waals surface area contributed by atoms with Crippen molar-refractivity contribution in [2.45, 2.75) is 25.9 Å². The number of nitrogens with two attached hydrogens (primary N) is 1. The molecule has 4 N–H and O–H groups in total. The van der Waals surface area contributed by atoms with Gasteiger partial charge in [-0.2, -0.15) is 30.6 Å². The Morgan fingerprint density at radius 1 is 1.42 bits per heavy atom. The third-order valence-electron chi connectivity index (χ3n) is 3.27. The second kappa shape index (κ2) is 5.25. The molecule has 0 atom stereocenters. The van der Waals surface area contributed by atoms with Crippen LogP contribution in [-0.4, -0.2) is 44.4 Å². The average molecular weight is 302 g/mol. The van der Waals surface area contributed by atoms with Crippen LogP contribution in [0.3, 0.4) is 0 Å². The SMILES string of the molecule is CC1(C(=N)N)CCN(S(=O)(=O)NCC(F)(F)F)CC1. The topological polar surface area (TPSA) is 99.3 Å². The zero-order valence-corrected chi connectivity index (χ0v) is 11.2. The van der Waals surface area contributed by atoms with E-state index in [1.54, 1.807) is 6.92 Å². The first-order chi connectivity index (χ1) is 8.46. The van der Waals surface area contributed by atoms with Gasteiger partial charge >= 0.3 is 6.18 Å². The second-order valence-electron chi connectivity index (χ2n) is 4.81. The number of nitrogens with one attached hydrogen (secondary N) is 2. The lowest BCUT2D eigenvalue weighted by Crippen LogP contribution is -2.51.